The van der Waals surface area contributed by atoms with Crippen molar-refractivity contribution in [3.63, 3.8) is 0 Å². The molecule has 0 saturated heterocycles. The number of carbonyl (C=O) groups excluding carboxylic acids is 1. The van der Waals surface area contributed by atoms with Crippen molar-refractivity contribution in [2.75, 3.05) is 13.1 Å². The molecule has 0 aromatic rings. The van der Waals surface area contributed by atoms with Crippen molar-refractivity contribution < 1.29 is 4.79 Å². The molecule has 0 fully saturated rings. The van der Waals surface area contributed by atoms with Gasteiger partial charge in [0.2, 0.25) is 6.41 Å². The van der Waals surface area contributed by atoms with E-state index in [1.165, 1.54) is 12.8 Å². The number of amides is 1. The molecular weight excluding hydrogens is 150 g/mol. The SMILES string of the molecule is CCN(C=O)CCCCC(C)C. The van der Waals surface area contributed by atoms with Gasteiger partial charge in [-0.15, -0.1) is 0 Å². The predicted octanol–water partition coefficient (Wildman–Crippen LogP) is 2.29. The van der Waals surface area contributed by atoms with E-state index >= 15 is 0 Å². The highest BCUT2D eigenvalue weighted by molar-refractivity contribution is 5.46. The molecule has 0 bridgehead atoms. The van der Waals surface area contributed by atoms with E-state index in [-0.39, 0.29) is 0 Å². The first kappa shape index (κ1) is 11.5. The van der Waals surface area contributed by atoms with Gasteiger partial charge in [0.1, 0.15) is 0 Å². The van der Waals surface area contributed by atoms with Crippen LogP contribution in [0.15, 0.2) is 0 Å². The van der Waals surface area contributed by atoms with Crippen LogP contribution in [0.5, 0.6) is 0 Å². The van der Waals surface area contributed by atoms with Crippen molar-refractivity contribution in [2.24, 2.45) is 5.92 Å². The van der Waals surface area contributed by atoms with Gasteiger partial charge < -0.3 is 4.90 Å². The Bertz CT molecular complexity index is 112. The lowest BCUT2D eigenvalue weighted by Gasteiger charge is -2.14. The minimum absolute atomic E-state index is 0.788. The van der Waals surface area contributed by atoms with Crippen LogP contribution in [0.1, 0.15) is 40.0 Å². The van der Waals surface area contributed by atoms with Crippen LogP contribution >= 0.6 is 0 Å². The Morgan fingerprint density at radius 3 is 2.42 bits per heavy atom. The molecule has 12 heavy (non-hydrogen) atoms. The molecule has 72 valence electrons. The van der Waals surface area contributed by atoms with Crippen molar-refractivity contribution in [3.05, 3.63) is 0 Å². The van der Waals surface area contributed by atoms with E-state index in [0.29, 0.717) is 0 Å². The quantitative estimate of drug-likeness (QED) is 0.425. The Hall–Kier alpha value is -0.530. The normalized spacial score (nSPS) is 10.3. The second-order valence-electron chi connectivity index (χ2n) is 3.62. The number of unbranched alkanes of at least 4 members (excludes halogenated alkanes) is 1. The second kappa shape index (κ2) is 7.14. The molecule has 2 heteroatoms. The molecular formula is C10H21NO. The van der Waals surface area contributed by atoms with Gasteiger partial charge in [-0.3, -0.25) is 4.79 Å². The summed E-state index contributed by atoms with van der Waals surface area (Å²) >= 11 is 0. The number of carbonyl (C=O) groups is 1. The van der Waals surface area contributed by atoms with E-state index in [9.17, 15) is 4.79 Å². The van der Waals surface area contributed by atoms with Gasteiger partial charge >= 0.3 is 0 Å². The minimum atomic E-state index is 0.788. The summed E-state index contributed by atoms with van der Waals surface area (Å²) in [5.41, 5.74) is 0. The van der Waals surface area contributed by atoms with Crippen LogP contribution in [0.4, 0.5) is 0 Å². The Kier molecular flexibility index (Phi) is 6.82. The van der Waals surface area contributed by atoms with Crippen LogP contribution in [0, 0.1) is 5.92 Å². The van der Waals surface area contributed by atoms with E-state index in [1.54, 1.807) is 0 Å². The summed E-state index contributed by atoms with van der Waals surface area (Å²) in [5.74, 6) is 0.788. The Morgan fingerprint density at radius 1 is 1.33 bits per heavy atom. The lowest BCUT2D eigenvalue weighted by atomic mass is 10.1. The summed E-state index contributed by atoms with van der Waals surface area (Å²) in [6.07, 6.45) is 4.60. The zero-order valence-electron chi connectivity index (χ0n) is 8.55. The van der Waals surface area contributed by atoms with Crippen LogP contribution in [0.2, 0.25) is 0 Å². The van der Waals surface area contributed by atoms with Crippen LogP contribution in [-0.4, -0.2) is 24.4 Å². The predicted molar refractivity (Wildman–Crippen MR) is 52.0 cm³/mol. The average Bonchev–Trinajstić information content (AvgIpc) is 2.04. The first-order chi connectivity index (χ1) is 5.70. The monoisotopic (exact) mass is 171 g/mol. The Labute approximate surface area is 75.9 Å². The lowest BCUT2D eigenvalue weighted by molar-refractivity contribution is -0.118. The van der Waals surface area contributed by atoms with Gasteiger partial charge in [-0.25, -0.2) is 0 Å². The summed E-state index contributed by atoms with van der Waals surface area (Å²) in [6, 6.07) is 0. The fourth-order valence-corrected chi connectivity index (χ4v) is 1.15. The second-order valence-corrected chi connectivity index (χ2v) is 3.62. The van der Waals surface area contributed by atoms with E-state index in [2.05, 4.69) is 13.8 Å². The van der Waals surface area contributed by atoms with Gasteiger partial charge in [0.15, 0.2) is 0 Å². The smallest absolute Gasteiger partial charge is 0.209 e. The molecule has 0 radical (unpaired) electrons. The highest BCUT2D eigenvalue weighted by Crippen LogP contribution is 2.06. The fraction of sp³-hybridized carbons (Fsp3) is 0.900. The van der Waals surface area contributed by atoms with Crippen LogP contribution in [-0.2, 0) is 4.79 Å². The summed E-state index contributed by atoms with van der Waals surface area (Å²) in [6.45, 7) is 8.24. The molecule has 0 aliphatic rings. The topological polar surface area (TPSA) is 20.3 Å². The standard InChI is InChI=1S/C10H21NO/c1-4-11(9-12)8-6-5-7-10(2)3/h9-10H,4-8H2,1-3H3. The first-order valence-electron chi connectivity index (χ1n) is 4.90. The maximum absolute atomic E-state index is 10.4. The molecule has 0 aliphatic carbocycles. The number of hydrogen-bond donors (Lipinski definition) is 0. The maximum atomic E-state index is 10.4. The molecule has 0 N–H and O–H groups in total. The lowest BCUT2D eigenvalue weighted by Crippen LogP contribution is -2.22. The molecule has 0 atom stereocenters. The number of nitrogens with zero attached hydrogens (tertiary/aromatic N) is 1. The largest absolute Gasteiger partial charge is 0.346 e. The molecule has 0 spiro atoms. The third kappa shape index (κ3) is 6.20. The fourth-order valence-electron chi connectivity index (χ4n) is 1.15. The van der Waals surface area contributed by atoms with Gasteiger partial charge in [-0.1, -0.05) is 26.7 Å². The summed E-state index contributed by atoms with van der Waals surface area (Å²) in [4.78, 5) is 12.2. The zero-order valence-corrected chi connectivity index (χ0v) is 8.55. The molecule has 0 rings (SSSR count). The highest BCUT2D eigenvalue weighted by Gasteiger charge is 1.98. The highest BCUT2D eigenvalue weighted by atomic mass is 16.1. The van der Waals surface area contributed by atoms with E-state index in [4.69, 9.17) is 0 Å². The third-order valence-electron chi connectivity index (χ3n) is 2.03. The molecule has 0 aliphatic heterocycles. The summed E-state index contributed by atoms with van der Waals surface area (Å²) in [7, 11) is 0. The minimum Gasteiger partial charge on any atom is -0.346 e. The van der Waals surface area contributed by atoms with E-state index in [1.807, 2.05) is 11.8 Å². The molecule has 0 unspecified atom stereocenters. The molecule has 0 heterocycles. The molecule has 2 nitrogen and oxygen atoms in total. The number of rotatable bonds is 7. The summed E-state index contributed by atoms with van der Waals surface area (Å²) < 4.78 is 0. The van der Waals surface area contributed by atoms with Crippen molar-refractivity contribution >= 4 is 6.41 Å². The molecule has 1 amide bonds. The summed E-state index contributed by atoms with van der Waals surface area (Å²) in [5, 5.41) is 0. The van der Waals surface area contributed by atoms with Crippen LogP contribution in [0.3, 0.4) is 0 Å². The van der Waals surface area contributed by atoms with Gasteiger partial charge in [-0.2, -0.15) is 0 Å². The molecule has 0 aromatic carbocycles. The van der Waals surface area contributed by atoms with Crippen LogP contribution in [0.25, 0.3) is 0 Å². The van der Waals surface area contributed by atoms with E-state index in [0.717, 1.165) is 31.8 Å². The Balaban J connectivity index is 3.23. The first-order valence-corrected chi connectivity index (χ1v) is 4.90. The van der Waals surface area contributed by atoms with Crippen LogP contribution < -0.4 is 0 Å². The van der Waals surface area contributed by atoms with Gasteiger partial charge in [0.25, 0.3) is 0 Å². The van der Waals surface area contributed by atoms with Gasteiger partial charge in [0, 0.05) is 13.1 Å². The van der Waals surface area contributed by atoms with Gasteiger partial charge in [0.05, 0.1) is 0 Å². The molecule has 0 aromatic heterocycles. The van der Waals surface area contributed by atoms with E-state index < -0.39 is 0 Å². The average molecular weight is 171 g/mol. The third-order valence-corrected chi connectivity index (χ3v) is 2.03. The zero-order chi connectivity index (χ0) is 9.40. The van der Waals surface area contributed by atoms with Crippen molar-refractivity contribution in [2.45, 2.75) is 40.0 Å². The maximum Gasteiger partial charge on any atom is 0.209 e. The Morgan fingerprint density at radius 2 is 2.00 bits per heavy atom. The van der Waals surface area contributed by atoms with Crippen molar-refractivity contribution in [3.8, 4) is 0 Å². The van der Waals surface area contributed by atoms with Crippen molar-refractivity contribution in [1.29, 1.82) is 0 Å². The molecule has 0 saturated carbocycles. The van der Waals surface area contributed by atoms with Gasteiger partial charge in [-0.05, 0) is 19.3 Å². The number of hydrogen-bond acceptors (Lipinski definition) is 1. The van der Waals surface area contributed by atoms with Crippen molar-refractivity contribution in [1.82, 2.24) is 4.90 Å².